The number of nitrogens with zero attached hydrogens (tertiary/aromatic N) is 2. The van der Waals surface area contributed by atoms with Gasteiger partial charge in [0.2, 0.25) is 6.79 Å². The van der Waals surface area contributed by atoms with Gasteiger partial charge in [0.15, 0.2) is 16.6 Å². The molecule has 3 rings (SSSR count). The van der Waals surface area contributed by atoms with Gasteiger partial charge >= 0.3 is 0 Å². The first-order valence-electron chi connectivity index (χ1n) is 8.09. The number of ether oxygens (including phenoxy) is 2. The number of thiocarbonyl (C=S) groups is 1. The average molecular weight is 373 g/mol. The highest BCUT2D eigenvalue weighted by Crippen LogP contribution is 2.32. The quantitative estimate of drug-likeness (QED) is 0.489. The van der Waals surface area contributed by atoms with Crippen molar-refractivity contribution in [2.24, 2.45) is 0 Å². The van der Waals surface area contributed by atoms with Crippen molar-refractivity contribution >= 4 is 23.0 Å². The number of hydrogen-bond acceptors (Lipinski definition) is 5. The van der Waals surface area contributed by atoms with Gasteiger partial charge in [0.05, 0.1) is 11.0 Å². The summed E-state index contributed by atoms with van der Waals surface area (Å²) < 4.78 is 10.7. The Balaban J connectivity index is 1.62. The lowest BCUT2D eigenvalue weighted by molar-refractivity contribution is -0.384. The molecular weight excluding hydrogens is 354 g/mol. The highest BCUT2D eigenvalue weighted by atomic mass is 32.1. The van der Waals surface area contributed by atoms with E-state index in [9.17, 15) is 10.1 Å². The number of nitro benzene ring substituents is 1. The lowest BCUT2D eigenvalue weighted by Crippen LogP contribution is -2.38. The predicted octanol–water partition coefficient (Wildman–Crippen LogP) is 3.39. The van der Waals surface area contributed by atoms with E-state index in [1.54, 1.807) is 12.1 Å². The van der Waals surface area contributed by atoms with Gasteiger partial charge in [-0.15, -0.1) is 0 Å². The fraction of sp³-hybridized carbons (Fsp3) is 0.278. The van der Waals surface area contributed by atoms with E-state index in [1.807, 2.05) is 43.1 Å². The topological polar surface area (TPSA) is 76.9 Å². The zero-order valence-corrected chi connectivity index (χ0v) is 15.3. The molecule has 7 nitrogen and oxygen atoms in total. The molecule has 0 radical (unpaired) electrons. The van der Waals surface area contributed by atoms with E-state index in [-0.39, 0.29) is 18.5 Å². The first-order valence-corrected chi connectivity index (χ1v) is 8.50. The Morgan fingerprint density at radius 2 is 2.08 bits per heavy atom. The van der Waals surface area contributed by atoms with Gasteiger partial charge in [-0.3, -0.25) is 10.1 Å². The number of hydrogen-bond donors (Lipinski definition) is 1. The third-order valence-corrected chi connectivity index (χ3v) is 4.78. The van der Waals surface area contributed by atoms with Crippen LogP contribution in [-0.4, -0.2) is 28.8 Å². The smallest absolute Gasteiger partial charge is 0.269 e. The average Bonchev–Trinajstić information content (AvgIpc) is 3.12. The maximum absolute atomic E-state index is 11.0. The molecule has 26 heavy (non-hydrogen) atoms. The summed E-state index contributed by atoms with van der Waals surface area (Å²) >= 11 is 5.46. The van der Waals surface area contributed by atoms with Crippen LogP contribution in [0.25, 0.3) is 0 Å². The van der Waals surface area contributed by atoms with Crippen LogP contribution in [0.3, 0.4) is 0 Å². The minimum absolute atomic E-state index is 0.0713. The van der Waals surface area contributed by atoms with E-state index in [1.165, 1.54) is 6.07 Å². The summed E-state index contributed by atoms with van der Waals surface area (Å²) in [6.45, 7) is 2.74. The number of fused-ring (bicyclic) bond motifs is 1. The van der Waals surface area contributed by atoms with Crippen molar-refractivity contribution < 1.29 is 14.4 Å². The van der Waals surface area contributed by atoms with Crippen LogP contribution in [0.4, 0.5) is 5.69 Å². The van der Waals surface area contributed by atoms with Gasteiger partial charge in [0.1, 0.15) is 0 Å². The molecule has 0 aromatic heterocycles. The van der Waals surface area contributed by atoms with Gasteiger partial charge in [-0.05, 0) is 42.4 Å². The minimum atomic E-state index is -0.396. The number of benzene rings is 2. The molecule has 0 saturated heterocycles. The lowest BCUT2D eigenvalue weighted by atomic mass is 10.1. The van der Waals surface area contributed by atoms with E-state index in [0.29, 0.717) is 11.7 Å². The Bertz CT molecular complexity index is 843. The molecule has 2 aromatic carbocycles. The molecule has 0 unspecified atom stereocenters. The summed E-state index contributed by atoms with van der Waals surface area (Å²) in [6.07, 6.45) is 0. The van der Waals surface area contributed by atoms with Crippen LogP contribution in [0.1, 0.15) is 24.1 Å². The second kappa shape index (κ2) is 7.57. The van der Waals surface area contributed by atoms with Crippen molar-refractivity contribution in [3.05, 3.63) is 63.7 Å². The van der Waals surface area contributed by atoms with Crippen molar-refractivity contribution in [2.75, 3.05) is 13.8 Å². The standard InChI is InChI=1S/C18H19N3O4S/c1-12(14-4-3-5-15(9-14)21(22)23)20(2)18(26)19-10-13-6-7-16-17(8-13)25-11-24-16/h3-9,12H,10-11H2,1-2H3,(H,19,26)/t12-/m0/s1. The van der Waals surface area contributed by atoms with Gasteiger partial charge < -0.3 is 19.7 Å². The monoisotopic (exact) mass is 373 g/mol. The van der Waals surface area contributed by atoms with E-state index < -0.39 is 4.92 Å². The molecule has 0 amide bonds. The fourth-order valence-corrected chi connectivity index (χ4v) is 2.88. The molecule has 1 aliphatic heterocycles. The third kappa shape index (κ3) is 3.85. The number of non-ortho nitro benzene ring substituents is 1. The van der Waals surface area contributed by atoms with Crippen LogP contribution in [0.15, 0.2) is 42.5 Å². The minimum Gasteiger partial charge on any atom is -0.454 e. The van der Waals surface area contributed by atoms with Gasteiger partial charge in [0, 0.05) is 25.7 Å². The van der Waals surface area contributed by atoms with Gasteiger partial charge in [-0.1, -0.05) is 18.2 Å². The van der Waals surface area contributed by atoms with Crippen LogP contribution in [-0.2, 0) is 6.54 Å². The molecule has 1 heterocycles. The summed E-state index contributed by atoms with van der Waals surface area (Å²) in [5.41, 5.74) is 1.92. The molecule has 0 saturated carbocycles. The van der Waals surface area contributed by atoms with E-state index >= 15 is 0 Å². The molecule has 0 aliphatic carbocycles. The van der Waals surface area contributed by atoms with Crippen LogP contribution in [0.2, 0.25) is 0 Å². The van der Waals surface area contributed by atoms with Crippen molar-refractivity contribution in [1.29, 1.82) is 0 Å². The molecule has 136 valence electrons. The van der Waals surface area contributed by atoms with Crippen molar-refractivity contribution in [2.45, 2.75) is 19.5 Å². The summed E-state index contributed by atoms with van der Waals surface area (Å²) in [5, 5.41) is 14.7. The molecule has 1 atom stereocenters. The Morgan fingerprint density at radius 3 is 2.85 bits per heavy atom. The predicted molar refractivity (Wildman–Crippen MR) is 101 cm³/mol. The zero-order chi connectivity index (χ0) is 18.7. The van der Waals surface area contributed by atoms with Crippen LogP contribution < -0.4 is 14.8 Å². The molecular formula is C18H19N3O4S. The SMILES string of the molecule is C[C@@H](c1cccc([N+](=O)[O-])c1)N(C)C(=S)NCc1ccc2c(c1)OCO2. The van der Waals surface area contributed by atoms with Crippen molar-refractivity contribution in [1.82, 2.24) is 10.2 Å². The molecule has 0 spiro atoms. The number of nitrogens with one attached hydrogen (secondary N) is 1. The summed E-state index contributed by atoms with van der Waals surface area (Å²) in [7, 11) is 1.86. The van der Waals surface area contributed by atoms with E-state index in [4.69, 9.17) is 21.7 Å². The second-order valence-electron chi connectivity index (χ2n) is 5.99. The molecule has 8 heteroatoms. The second-order valence-corrected chi connectivity index (χ2v) is 6.37. The van der Waals surface area contributed by atoms with Gasteiger partial charge in [-0.2, -0.15) is 0 Å². The summed E-state index contributed by atoms with van der Waals surface area (Å²) in [6, 6.07) is 12.2. The van der Waals surface area contributed by atoms with Crippen LogP contribution >= 0.6 is 12.2 Å². The normalized spacial score (nSPS) is 13.2. The lowest BCUT2D eigenvalue weighted by Gasteiger charge is -2.28. The fourth-order valence-electron chi connectivity index (χ4n) is 2.65. The van der Waals surface area contributed by atoms with E-state index in [2.05, 4.69) is 5.32 Å². The number of nitro groups is 1. The first-order chi connectivity index (χ1) is 12.5. The summed E-state index contributed by atoms with van der Waals surface area (Å²) in [5.74, 6) is 1.47. The maximum Gasteiger partial charge on any atom is 0.269 e. The Hall–Kier alpha value is -2.87. The Kier molecular flexibility index (Phi) is 5.22. The highest BCUT2D eigenvalue weighted by molar-refractivity contribution is 7.80. The van der Waals surface area contributed by atoms with Crippen LogP contribution in [0, 0.1) is 10.1 Å². The highest BCUT2D eigenvalue weighted by Gasteiger charge is 2.18. The first kappa shape index (κ1) is 17.9. The molecule has 1 aliphatic rings. The largest absolute Gasteiger partial charge is 0.454 e. The molecule has 0 fully saturated rings. The third-order valence-electron chi connectivity index (χ3n) is 4.35. The van der Waals surface area contributed by atoms with Gasteiger partial charge in [-0.25, -0.2) is 0 Å². The van der Waals surface area contributed by atoms with Crippen LogP contribution in [0.5, 0.6) is 11.5 Å². The molecule has 1 N–H and O–H groups in total. The zero-order valence-electron chi connectivity index (χ0n) is 14.5. The maximum atomic E-state index is 11.0. The Labute approximate surface area is 156 Å². The number of rotatable bonds is 5. The van der Waals surface area contributed by atoms with Crippen molar-refractivity contribution in [3.63, 3.8) is 0 Å². The molecule has 0 bridgehead atoms. The van der Waals surface area contributed by atoms with Crippen molar-refractivity contribution in [3.8, 4) is 11.5 Å². The van der Waals surface area contributed by atoms with Gasteiger partial charge in [0.25, 0.3) is 5.69 Å². The summed E-state index contributed by atoms with van der Waals surface area (Å²) in [4.78, 5) is 12.4. The van der Waals surface area contributed by atoms with E-state index in [0.717, 1.165) is 22.6 Å². The molecule has 2 aromatic rings. The Morgan fingerprint density at radius 1 is 1.31 bits per heavy atom.